The highest BCUT2D eigenvalue weighted by Gasteiger charge is 2.50. The van der Waals surface area contributed by atoms with Crippen molar-refractivity contribution in [2.45, 2.75) is 31.3 Å². The fourth-order valence-corrected chi connectivity index (χ4v) is 3.01. The molecule has 2 atom stereocenters. The van der Waals surface area contributed by atoms with Crippen molar-refractivity contribution in [3.8, 4) is 0 Å². The Hall–Kier alpha value is -1.20. The molecular formula is C15H17BrO4. The standard InChI is InChI=1S/C15H17BrO4/c1-20-14(18)15(19,10-6-8-11(16)9-7-10)12-4-2-3-5-13(12)17/h6-9,12,19H,2-5H2,1H3/t12-,15+/m0/s1. The SMILES string of the molecule is COC(=O)[C@@](O)(c1ccc(Br)cc1)[C@H]1CCCCC1=O. The van der Waals surface area contributed by atoms with Gasteiger partial charge in [0.1, 0.15) is 5.78 Å². The molecule has 4 nitrogen and oxygen atoms in total. The predicted octanol–water partition coefficient (Wildman–Crippen LogP) is 2.57. The number of carbonyl (C=O) groups is 2. The molecule has 0 saturated heterocycles. The normalized spacial score (nSPS) is 22.1. The van der Waals surface area contributed by atoms with Gasteiger partial charge < -0.3 is 9.84 Å². The molecule has 0 radical (unpaired) electrons. The minimum Gasteiger partial charge on any atom is -0.467 e. The fourth-order valence-electron chi connectivity index (χ4n) is 2.75. The summed E-state index contributed by atoms with van der Waals surface area (Å²) in [5.41, 5.74) is -1.50. The molecule has 0 spiro atoms. The second kappa shape index (κ2) is 6.06. The molecule has 1 aromatic carbocycles. The van der Waals surface area contributed by atoms with Gasteiger partial charge in [-0.1, -0.05) is 34.5 Å². The van der Waals surface area contributed by atoms with Gasteiger partial charge >= 0.3 is 5.97 Å². The van der Waals surface area contributed by atoms with Crippen LogP contribution < -0.4 is 0 Å². The predicted molar refractivity (Wildman–Crippen MR) is 77.0 cm³/mol. The van der Waals surface area contributed by atoms with Gasteiger partial charge in [-0.25, -0.2) is 4.79 Å². The smallest absolute Gasteiger partial charge is 0.343 e. The maximum Gasteiger partial charge on any atom is 0.343 e. The zero-order valence-corrected chi connectivity index (χ0v) is 12.9. The molecule has 0 aromatic heterocycles. The number of methoxy groups -OCH3 is 1. The van der Waals surface area contributed by atoms with E-state index in [0.29, 0.717) is 18.4 Å². The molecule has 1 saturated carbocycles. The van der Waals surface area contributed by atoms with Gasteiger partial charge in [-0.05, 0) is 30.5 Å². The van der Waals surface area contributed by atoms with E-state index in [2.05, 4.69) is 15.9 Å². The first-order valence-electron chi connectivity index (χ1n) is 6.59. The number of hydrogen-bond acceptors (Lipinski definition) is 4. The van der Waals surface area contributed by atoms with E-state index in [0.717, 1.165) is 17.3 Å². The Balaban J connectivity index is 2.47. The Morgan fingerprint density at radius 1 is 1.35 bits per heavy atom. The lowest BCUT2D eigenvalue weighted by molar-refractivity contribution is -0.175. The largest absolute Gasteiger partial charge is 0.467 e. The van der Waals surface area contributed by atoms with Crippen molar-refractivity contribution in [2.24, 2.45) is 5.92 Å². The second-order valence-corrected chi connectivity index (χ2v) is 5.95. The molecular weight excluding hydrogens is 324 g/mol. The van der Waals surface area contributed by atoms with Crippen molar-refractivity contribution in [3.63, 3.8) is 0 Å². The molecule has 0 unspecified atom stereocenters. The zero-order chi connectivity index (χ0) is 14.8. The first-order chi connectivity index (χ1) is 9.50. The highest BCUT2D eigenvalue weighted by molar-refractivity contribution is 9.10. The first kappa shape index (κ1) is 15.2. The molecule has 20 heavy (non-hydrogen) atoms. The molecule has 1 fully saturated rings. The zero-order valence-electron chi connectivity index (χ0n) is 11.3. The van der Waals surface area contributed by atoms with Crippen LogP contribution in [0, 0.1) is 5.92 Å². The minimum atomic E-state index is -1.90. The number of esters is 1. The Morgan fingerprint density at radius 2 is 2.00 bits per heavy atom. The molecule has 1 aliphatic rings. The summed E-state index contributed by atoms with van der Waals surface area (Å²) >= 11 is 3.31. The van der Waals surface area contributed by atoms with E-state index in [1.54, 1.807) is 24.3 Å². The molecule has 1 N–H and O–H groups in total. The average molecular weight is 341 g/mol. The number of ether oxygens (including phenoxy) is 1. The van der Waals surface area contributed by atoms with Crippen LogP contribution in [0.3, 0.4) is 0 Å². The summed E-state index contributed by atoms with van der Waals surface area (Å²) in [4.78, 5) is 24.3. The number of rotatable bonds is 3. The van der Waals surface area contributed by atoms with Crippen molar-refractivity contribution in [1.82, 2.24) is 0 Å². The van der Waals surface area contributed by atoms with Crippen molar-refractivity contribution in [2.75, 3.05) is 7.11 Å². The van der Waals surface area contributed by atoms with Gasteiger partial charge in [-0.2, -0.15) is 0 Å². The third kappa shape index (κ3) is 2.65. The van der Waals surface area contributed by atoms with Crippen molar-refractivity contribution in [3.05, 3.63) is 34.3 Å². The summed E-state index contributed by atoms with van der Waals surface area (Å²) in [6, 6.07) is 6.75. The first-order valence-corrected chi connectivity index (χ1v) is 7.39. The van der Waals surface area contributed by atoms with Crippen LogP contribution in [-0.4, -0.2) is 24.0 Å². The van der Waals surface area contributed by atoms with Crippen LogP contribution in [0.2, 0.25) is 0 Å². The summed E-state index contributed by atoms with van der Waals surface area (Å²) < 4.78 is 5.59. The number of carbonyl (C=O) groups excluding carboxylic acids is 2. The lowest BCUT2D eigenvalue weighted by atomic mass is 9.72. The van der Waals surface area contributed by atoms with Crippen LogP contribution in [0.1, 0.15) is 31.2 Å². The molecule has 0 bridgehead atoms. The van der Waals surface area contributed by atoms with E-state index in [1.807, 2.05) is 0 Å². The minimum absolute atomic E-state index is 0.0768. The maximum absolute atomic E-state index is 12.1. The van der Waals surface area contributed by atoms with Gasteiger partial charge in [0.25, 0.3) is 0 Å². The van der Waals surface area contributed by atoms with E-state index in [-0.39, 0.29) is 5.78 Å². The quantitative estimate of drug-likeness (QED) is 0.859. The van der Waals surface area contributed by atoms with Gasteiger partial charge in [0, 0.05) is 10.9 Å². The monoisotopic (exact) mass is 340 g/mol. The second-order valence-electron chi connectivity index (χ2n) is 5.03. The molecule has 1 aromatic rings. The van der Waals surface area contributed by atoms with Gasteiger partial charge in [0.05, 0.1) is 13.0 Å². The third-order valence-corrected chi connectivity index (χ3v) is 4.37. The third-order valence-electron chi connectivity index (χ3n) is 3.84. The fraction of sp³-hybridized carbons (Fsp3) is 0.467. The summed E-state index contributed by atoms with van der Waals surface area (Å²) in [5.74, 6) is -1.59. The van der Waals surface area contributed by atoms with E-state index in [9.17, 15) is 14.7 Å². The Morgan fingerprint density at radius 3 is 2.55 bits per heavy atom. The molecule has 108 valence electrons. The van der Waals surface area contributed by atoms with Crippen LogP contribution in [0.5, 0.6) is 0 Å². The van der Waals surface area contributed by atoms with Gasteiger partial charge in [0.15, 0.2) is 5.60 Å². The lowest BCUT2D eigenvalue weighted by Gasteiger charge is -2.35. The van der Waals surface area contributed by atoms with Crippen LogP contribution in [0.25, 0.3) is 0 Å². The molecule has 0 amide bonds. The molecule has 5 heteroatoms. The van der Waals surface area contributed by atoms with Gasteiger partial charge in [-0.3, -0.25) is 4.79 Å². The number of hydrogen-bond donors (Lipinski definition) is 1. The Labute approximate surface area is 126 Å². The summed E-state index contributed by atoms with van der Waals surface area (Å²) in [6.07, 6.45) is 2.54. The van der Waals surface area contributed by atoms with Crippen LogP contribution in [0.15, 0.2) is 28.7 Å². The topological polar surface area (TPSA) is 63.6 Å². The number of ketones is 1. The van der Waals surface area contributed by atoms with Crippen LogP contribution in [0.4, 0.5) is 0 Å². The lowest BCUT2D eigenvalue weighted by Crippen LogP contribution is -2.48. The summed E-state index contributed by atoms with van der Waals surface area (Å²) in [5, 5.41) is 10.9. The Bertz CT molecular complexity index is 511. The maximum atomic E-state index is 12.1. The van der Waals surface area contributed by atoms with Crippen LogP contribution >= 0.6 is 15.9 Å². The molecule has 1 aliphatic carbocycles. The Kier molecular flexibility index (Phi) is 4.60. The van der Waals surface area contributed by atoms with E-state index in [1.165, 1.54) is 7.11 Å². The van der Waals surface area contributed by atoms with Crippen molar-refractivity contribution >= 4 is 27.7 Å². The number of Topliss-reactive ketones (excluding diaryl/α,β-unsaturated/α-hetero) is 1. The van der Waals surface area contributed by atoms with Crippen molar-refractivity contribution < 1.29 is 19.4 Å². The number of aliphatic hydroxyl groups is 1. The van der Waals surface area contributed by atoms with E-state index < -0.39 is 17.5 Å². The highest BCUT2D eigenvalue weighted by atomic mass is 79.9. The van der Waals surface area contributed by atoms with Crippen molar-refractivity contribution in [1.29, 1.82) is 0 Å². The van der Waals surface area contributed by atoms with Gasteiger partial charge in [-0.15, -0.1) is 0 Å². The molecule has 2 rings (SSSR count). The number of halogens is 1. The van der Waals surface area contributed by atoms with Crippen LogP contribution in [-0.2, 0) is 19.9 Å². The van der Waals surface area contributed by atoms with Gasteiger partial charge in [0.2, 0.25) is 0 Å². The number of benzene rings is 1. The average Bonchev–Trinajstić information content (AvgIpc) is 2.46. The summed E-state index contributed by atoms with van der Waals surface area (Å²) in [7, 11) is 1.22. The molecule has 0 heterocycles. The summed E-state index contributed by atoms with van der Waals surface area (Å²) in [6.45, 7) is 0. The highest BCUT2D eigenvalue weighted by Crippen LogP contribution is 2.38. The van der Waals surface area contributed by atoms with E-state index in [4.69, 9.17) is 4.74 Å². The van der Waals surface area contributed by atoms with E-state index >= 15 is 0 Å². The molecule has 0 aliphatic heterocycles.